The third-order valence-corrected chi connectivity index (χ3v) is 7.10. The number of methoxy groups -OCH3 is 1. The maximum atomic E-state index is 13.1. The highest BCUT2D eigenvalue weighted by Gasteiger charge is 2.36. The van der Waals surface area contributed by atoms with Gasteiger partial charge >= 0.3 is 0 Å². The van der Waals surface area contributed by atoms with Crippen LogP contribution < -0.4 is 14.8 Å². The molecule has 0 spiro atoms. The molecule has 1 amide bonds. The molecule has 1 fully saturated rings. The first-order valence-electron chi connectivity index (χ1n) is 9.86. The fraction of sp³-hybridized carbons (Fsp3) is 0.409. The van der Waals surface area contributed by atoms with Gasteiger partial charge in [-0.2, -0.15) is 0 Å². The summed E-state index contributed by atoms with van der Waals surface area (Å²) in [5, 5.41) is 2.67. The van der Waals surface area contributed by atoms with E-state index in [0.29, 0.717) is 24.5 Å². The Morgan fingerprint density at radius 2 is 1.80 bits per heavy atom. The normalized spacial score (nSPS) is 16.1. The largest absolute Gasteiger partial charge is 0.497 e. The minimum absolute atomic E-state index is 0.202. The van der Waals surface area contributed by atoms with Gasteiger partial charge in [-0.3, -0.25) is 4.79 Å². The zero-order valence-electron chi connectivity index (χ0n) is 17.5. The van der Waals surface area contributed by atoms with Gasteiger partial charge in [-0.05, 0) is 61.2 Å². The molecule has 0 bridgehead atoms. The fourth-order valence-electron chi connectivity index (χ4n) is 3.82. The molecule has 0 unspecified atom stereocenters. The summed E-state index contributed by atoms with van der Waals surface area (Å²) >= 11 is 0. The molecular formula is C22H28N2O5S. The van der Waals surface area contributed by atoms with Crippen LogP contribution in [0.25, 0.3) is 0 Å². The molecule has 0 saturated carbocycles. The number of amides is 1. The zero-order valence-corrected chi connectivity index (χ0v) is 18.3. The van der Waals surface area contributed by atoms with Gasteiger partial charge in [0.25, 0.3) is 0 Å². The van der Waals surface area contributed by atoms with E-state index in [-0.39, 0.29) is 22.8 Å². The van der Waals surface area contributed by atoms with Crippen LogP contribution in [0.4, 0.5) is 5.69 Å². The number of rotatable bonds is 7. The first-order chi connectivity index (χ1) is 14.3. The van der Waals surface area contributed by atoms with Crippen molar-refractivity contribution >= 4 is 21.6 Å². The maximum absolute atomic E-state index is 13.1. The highest BCUT2D eigenvalue weighted by Crippen LogP contribution is 2.35. The number of hydrogen-bond donors (Lipinski definition) is 2. The van der Waals surface area contributed by atoms with Crippen LogP contribution in [0.15, 0.2) is 47.4 Å². The second kappa shape index (κ2) is 9.16. The van der Waals surface area contributed by atoms with Crippen LogP contribution in [-0.4, -0.2) is 41.2 Å². The molecule has 8 heteroatoms. The van der Waals surface area contributed by atoms with E-state index >= 15 is 0 Å². The molecule has 2 aromatic rings. The van der Waals surface area contributed by atoms with Crippen LogP contribution in [-0.2, 0) is 25.0 Å². The van der Waals surface area contributed by atoms with E-state index in [1.165, 1.54) is 13.0 Å². The van der Waals surface area contributed by atoms with Gasteiger partial charge in [-0.25, -0.2) is 13.1 Å². The van der Waals surface area contributed by atoms with Crippen LogP contribution in [0.5, 0.6) is 5.75 Å². The molecule has 1 saturated heterocycles. The highest BCUT2D eigenvalue weighted by molar-refractivity contribution is 7.89. The topological polar surface area (TPSA) is 93.7 Å². The summed E-state index contributed by atoms with van der Waals surface area (Å²) in [4.78, 5) is 11.4. The Kier molecular flexibility index (Phi) is 6.80. The van der Waals surface area contributed by atoms with Crippen molar-refractivity contribution in [3.63, 3.8) is 0 Å². The Balaban J connectivity index is 1.83. The summed E-state index contributed by atoms with van der Waals surface area (Å²) in [6.07, 6.45) is 1.45. The van der Waals surface area contributed by atoms with E-state index in [2.05, 4.69) is 10.0 Å². The van der Waals surface area contributed by atoms with Gasteiger partial charge in [0.2, 0.25) is 15.9 Å². The van der Waals surface area contributed by atoms with E-state index in [0.717, 1.165) is 24.2 Å². The molecule has 2 aromatic carbocycles. The fourth-order valence-corrected chi connectivity index (χ4v) is 5.17. The minimum atomic E-state index is -3.72. The van der Waals surface area contributed by atoms with Gasteiger partial charge in [0.1, 0.15) is 5.75 Å². The number of carbonyl (C=O) groups excluding carboxylic acids is 1. The van der Waals surface area contributed by atoms with Crippen molar-refractivity contribution in [3.05, 3.63) is 53.6 Å². The van der Waals surface area contributed by atoms with Crippen LogP contribution in [0.3, 0.4) is 0 Å². The third-order valence-electron chi connectivity index (χ3n) is 5.54. The van der Waals surface area contributed by atoms with Gasteiger partial charge in [-0.15, -0.1) is 0 Å². The first kappa shape index (κ1) is 22.3. The Hall–Kier alpha value is -2.42. The number of sulfonamides is 1. The second-order valence-electron chi connectivity index (χ2n) is 7.61. The van der Waals surface area contributed by atoms with Gasteiger partial charge in [0.15, 0.2) is 0 Å². The summed E-state index contributed by atoms with van der Waals surface area (Å²) in [6, 6.07) is 12.5. The number of hydrogen-bond acceptors (Lipinski definition) is 5. The second-order valence-corrected chi connectivity index (χ2v) is 9.34. The lowest BCUT2D eigenvalue weighted by Crippen LogP contribution is -2.44. The molecule has 1 heterocycles. The number of benzene rings is 2. The van der Waals surface area contributed by atoms with E-state index in [1.54, 1.807) is 26.2 Å². The molecule has 0 atom stereocenters. The lowest BCUT2D eigenvalue weighted by atomic mass is 9.74. The number of anilines is 1. The average Bonchev–Trinajstić information content (AvgIpc) is 2.72. The summed E-state index contributed by atoms with van der Waals surface area (Å²) in [5.41, 5.74) is 1.85. The summed E-state index contributed by atoms with van der Waals surface area (Å²) in [7, 11) is -2.10. The monoisotopic (exact) mass is 432 g/mol. The minimum Gasteiger partial charge on any atom is -0.497 e. The SMILES string of the molecule is COc1ccc(C2(CNS(=O)(=O)c3ccc(NC(C)=O)cc3C)CCOCC2)cc1. The smallest absolute Gasteiger partial charge is 0.240 e. The van der Waals surface area contributed by atoms with Crippen LogP contribution in [0.1, 0.15) is 30.9 Å². The predicted octanol–water partition coefficient (Wildman–Crippen LogP) is 2.99. The molecule has 162 valence electrons. The van der Waals surface area contributed by atoms with Gasteiger partial charge in [0, 0.05) is 37.8 Å². The van der Waals surface area contributed by atoms with Crippen molar-refractivity contribution in [1.29, 1.82) is 0 Å². The van der Waals surface area contributed by atoms with Crippen LogP contribution in [0, 0.1) is 6.92 Å². The zero-order chi connectivity index (χ0) is 21.8. The Morgan fingerprint density at radius 1 is 1.13 bits per heavy atom. The molecule has 1 aliphatic heterocycles. The van der Waals surface area contributed by atoms with Crippen molar-refractivity contribution in [2.24, 2.45) is 0 Å². The van der Waals surface area contributed by atoms with Gasteiger partial charge in [0.05, 0.1) is 12.0 Å². The quantitative estimate of drug-likeness (QED) is 0.702. The van der Waals surface area contributed by atoms with E-state index in [4.69, 9.17) is 9.47 Å². The summed E-state index contributed by atoms with van der Waals surface area (Å²) in [6.45, 7) is 4.57. The van der Waals surface area contributed by atoms with E-state index in [9.17, 15) is 13.2 Å². The molecule has 30 heavy (non-hydrogen) atoms. The molecule has 0 radical (unpaired) electrons. The maximum Gasteiger partial charge on any atom is 0.240 e. The Morgan fingerprint density at radius 3 is 2.37 bits per heavy atom. The summed E-state index contributed by atoms with van der Waals surface area (Å²) in [5.74, 6) is 0.556. The highest BCUT2D eigenvalue weighted by atomic mass is 32.2. The van der Waals surface area contributed by atoms with E-state index < -0.39 is 10.0 Å². The van der Waals surface area contributed by atoms with Crippen molar-refractivity contribution < 1.29 is 22.7 Å². The van der Waals surface area contributed by atoms with Crippen LogP contribution >= 0.6 is 0 Å². The Bertz CT molecular complexity index is 997. The summed E-state index contributed by atoms with van der Waals surface area (Å²) < 4.78 is 39.7. The van der Waals surface area contributed by atoms with Crippen molar-refractivity contribution in [2.45, 2.75) is 37.0 Å². The van der Waals surface area contributed by atoms with Gasteiger partial charge < -0.3 is 14.8 Å². The average molecular weight is 433 g/mol. The number of ether oxygens (including phenoxy) is 2. The molecule has 7 nitrogen and oxygen atoms in total. The molecular weight excluding hydrogens is 404 g/mol. The Labute approximate surface area is 177 Å². The number of aryl methyl sites for hydroxylation is 1. The van der Waals surface area contributed by atoms with Gasteiger partial charge in [-0.1, -0.05) is 12.1 Å². The van der Waals surface area contributed by atoms with Crippen molar-refractivity contribution in [3.8, 4) is 5.75 Å². The predicted molar refractivity (Wildman–Crippen MR) is 115 cm³/mol. The third kappa shape index (κ3) is 5.00. The van der Waals surface area contributed by atoms with Crippen molar-refractivity contribution in [2.75, 3.05) is 32.2 Å². The lowest BCUT2D eigenvalue weighted by Gasteiger charge is -2.38. The lowest BCUT2D eigenvalue weighted by molar-refractivity contribution is -0.114. The molecule has 1 aliphatic rings. The number of nitrogens with one attached hydrogen (secondary N) is 2. The number of carbonyl (C=O) groups is 1. The standard InChI is InChI=1S/C22H28N2O5S/c1-16-14-19(24-17(2)25)6-9-21(16)30(26,27)23-15-22(10-12-29-13-11-22)18-4-7-20(28-3)8-5-18/h4-9,14,23H,10-13,15H2,1-3H3,(H,24,25). The molecule has 2 N–H and O–H groups in total. The van der Waals surface area contributed by atoms with Crippen LogP contribution in [0.2, 0.25) is 0 Å². The molecule has 0 aromatic heterocycles. The molecule has 3 rings (SSSR count). The van der Waals surface area contributed by atoms with Crippen molar-refractivity contribution in [1.82, 2.24) is 4.72 Å². The van der Waals surface area contributed by atoms with E-state index in [1.807, 2.05) is 24.3 Å². The first-order valence-corrected chi connectivity index (χ1v) is 11.3. The molecule has 0 aliphatic carbocycles.